The van der Waals surface area contributed by atoms with E-state index >= 15 is 0 Å². The van der Waals surface area contributed by atoms with Crippen molar-refractivity contribution in [2.75, 3.05) is 31.6 Å². The lowest BCUT2D eigenvalue weighted by Crippen LogP contribution is -2.39. The molecule has 8 nitrogen and oxygen atoms in total. The first-order valence-corrected chi connectivity index (χ1v) is 12.9. The van der Waals surface area contributed by atoms with Crippen LogP contribution in [0.5, 0.6) is 0 Å². The number of nitrogens with zero attached hydrogens (tertiary/aromatic N) is 4. The molecule has 0 radical (unpaired) electrons. The zero-order valence-corrected chi connectivity index (χ0v) is 22.7. The zero-order chi connectivity index (χ0) is 29.7. The van der Waals surface area contributed by atoms with E-state index in [4.69, 9.17) is 21.5 Å². The lowest BCUT2D eigenvalue weighted by Gasteiger charge is -2.23. The quantitative estimate of drug-likeness (QED) is 0.472. The first-order chi connectivity index (χ1) is 19.4. The van der Waals surface area contributed by atoms with Crippen molar-refractivity contribution in [2.45, 2.75) is 19.3 Å². The van der Waals surface area contributed by atoms with E-state index in [2.05, 4.69) is 22.0 Å². The Morgan fingerprint density at radius 1 is 0.976 bits per heavy atom. The van der Waals surface area contributed by atoms with Gasteiger partial charge >= 0.3 is 12.1 Å². The van der Waals surface area contributed by atoms with E-state index in [1.54, 1.807) is 34.1 Å². The molecular formula is C29H26ClF3N4O4. The molecule has 3 aromatic rings. The summed E-state index contributed by atoms with van der Waals surface area (Å²) in [5.74, 6) is -2.06. The third kappa shape index (κ3) is 7.23. The summed E-state index contributed by atoms with van der Waals surface area (Å²) in [5, 5.41) is 7.69. The van der Waals surface area contributed by atoms with E-state index in [1.165, 1.54) is 0 Å². The number of amidine groups is 1. The van der Waals surface area contributed by atoms with Gasteiger partial charge in [-0.2, -0.15) is 13.2 Å². The molecule has 0 aromatic heterocycles. The normalized spacial score (nSPS) is 15.0. The Bertz CT molecular complexity index is 1460. The molecule has 0 aliphatic carbocycles. The van der Waals surface area contributed by atoms with Crippen molar-refractivity contribution in [1.82, 2.24) is 9.80 Å². The Kier molecular flexibility index (Phi) is 8.97. The number of hydrogen-bond acceptors (Lipinski definition) is 5. The predicted molar refractivity (Wildman–Crippen MR) is 148 cm³/mol. The van der Waals surface area contributed by atoms with Crippen molar-refractivity contribution >= 4 is 40.9 Å². The second kappa shape index (κ2) is 12.4. The van der Waals surface area contributed by atoms with Gasteiger partial charge in [0.15, 0.2) is 0 Å². The van der Waals surface area contributed by atoms with Crippen LogP contribution >= 0.6 is 11.6 Å². The number of carbonyl (C=O) groups excluding carboxylic acids is 2. The molecule has 0 saturated carbocycles. The molecule has 0 atom stereocenters. The Labute approximate surface area is 239 Å². The second-order valence-electron chi connectivity index (χ2n) is 9.40. The van der Waals surface area contributed by atoms with Crippen molar-refractivity contribution in [3.63, 3.8) is 0 Å². The molecule has 0 bridgehead atoms. The molecule has 2 amide bonds. The number of benzene rings is 3. The first kappa shape index (κ1) is 29.6. The Morgan fingerprint density at radius 3 is 2.20 bits per heavy atom. The van der Waals surface area contributed by atoms with Gasteiger partial charge in [-0.3, -0.25) is 14.6 Å². The number of likely N-dealkylation sites (N-methyl/N-ethyl adjacent to an activating group) is 1. The fourth-order valence-corrected chi connectivity index (χ4v) is 4.56. The molecule has 2 heterocycles. The third-order valence-electron chi connectivity index (χ3n) is 6.50. The second-order valence-corrected chi connectivity index (χ2v) is 9.84. The Morgan fingerprint density at radius 2 is 1.61 bits per heavy atom. The molecule has 214 valence electrons. The molecule has 5 rings (SSSR count). The van der Waals surface area contributed by atoms with E-state index in [-0.39, 0.29) is 18.4 Å². The maximum atomic E-state index is 13.4. The van der Waals surface area contributed by atoms with Gasteiger partial charge in [0, 0.05) is 42.0 Å². The van der Waals surface area contributed by atoms with E-state index in [9.17, 15) is 22.8 Å². The first-order valence-electron chi connectivity index (χ1n) is 12.5. The van der Waals surface area contributed by atoms with Gasteiger partial charge in [0.05, 0.1) is 13.1 Å². The van der Waals surface area contributed by atoms with Crippen LogP contribution in [0.4, 0.5) is 18.9 Å². The van der Waals surface area contributed by atoms with Crippen LogP contribution in [0.25, 0.3) is 0 Å². The van der Waals surface area contributed by atoms with Crippen LogP contribution in [0, 0.1) is 0 Å². The van der Waals surface area contributed by atoms with Gasteiger partial charge in [-0.25, -0.2) is 4.79 Å². The van der Waals surface area contributed by atoms with E-state index in [0.29, 0.717) is 23.7 Å². The summed E-state index contributed by atoms with van der Waals surface area (Å²) >= 11 is 5.97. The van der Waals surface area contributed by atoms with Crippen molar-refractivity contribution in [3.8, 4) is 0 Å². The van der Waals surface area contributed by atoms with Crippen molar-refractivity contribution in [2.24, 2.45) is 4.99 Å². The van der Waals surface area contributed by atoms with Crippen LogP contribution in [-0.2, 0) is 22.7 Å². The fourth-order valence-electron chi connectivity index (χ4n) is 4.43. The predicted octanol–water partition coefficient (Wildman–Crippen LogP) is 4.85. The number of fused-ring (bicyclic) bond motifs is 1. The summed E-state index contributed by atoms with van der Waals surface area (Å²) in [6, 6.07) is 22.7. The van der Waals surface area contributed by atoms with Crippen LogP contribution < -0.4 is 4.90 Å². The van der Waals surface area contributed by atoms with Gasteiger partial charge in [-0.05, 0) is 41.5 Å². The highest BCUT2D eigenvalue weighted by molar-refractivity contribution is 6.30. The number of carboxylic acid groups (broad SMARTS) is 1. The number of halogens is 4. The third-order valence-corrected chi connectivity index (χ3v) is 6.76. The highest BCUT2D eigenvalue weighted by Crippen LogP contribution is 2.28. The van der Waals surface area contributed by atoms with Gasteiger partial charge in [0.2, 0.25) is 5.91 Å². The number of rotatable bonds is 4. The average molecular weight is 587 g/mol. The molecule has 2 aliphatic heterocycles. The molecule has 0 fully saturated rings. The average Bonchev–Trinajstić information content (AvgIpc) is 3.31. The number of carboxylic acids is 1. The van der Waals surface area contributed by atoms with Crippen LogP contribution in [0.2, 0.25) is 5.02 Å². The van der Waals surface area contributed by atoms with E-state index in [1.807, 2.05) is 43.4 Å². The van der Waals surface area contributed by atoms with Crippen molar-refractivity contribution in [1.29, 1.82) is 0 Å². The van der Waals surface area contributed by atoms with Crippen molar-refractivity contribution < 1.29 is 32.7 Å². The lowest BCUT2D eigenvalue weighted by molar-refractivity contribution is -0.192. The molecule has 41 heavy (non-hydrogen) atoms. The summed E-state index contributed by atoms with van der Waals surface area (Å²) in [6.45, 7) is 2.56. The van der Waals surface area contributed by atoms with Gasteiger partial charge in [-0.15, -0.1) is 0 Å². The minimum absolute atomic E-state index is 0.00975. The lowest BCUT2D eigenvalue weighted by atomic mass is 10.1. The zero-order valence-electron chi connectivity index (χ0n) is 21.9. The molecule has 0 spiro atoms. The van der Waals surface area contributed by atoms with E-state index < -0.39 is 12.1 Å². The summed E-state index contributed by atoms with van der Waals surface area (Å²) in [5.41, 5.74) is 4.38. The molecular weight excluding hydrogens is 561 g/mol. The van der Waals surface area contributed by atoms with Crippen molar-refractivity contribution in [3.05, 3.63) is 100 Å². The molecule has 0 saturated heterocycles. The van der Waals surface area contributed by atoms with Crippen LogP contribution in [0.15, 0.2) is 77.8 Å². The maximum Gasteiger partial charge on any atom is 0.490 e. The molecule has 1 N–H and O–H groups in total. The SMILES string of the molecule is CN1CCN=C1c1ccc(CN2C(=O)CN(C(=O)c3ccc(Cl)cc3)Cc3ccccc32)cc1.O=C(O)C(F)(F)F. The number of aliphatic carboxylic acids is 1. The van der Waals surface area contributed by atoms with Crippen LogP contribution in [0.1, 0.15) is 27.0 Å². The number of anilines is 1. The van der Waals surface area contributed by atoms with Gasteiger partial charge in [0.25, 0.3) is 5.91 Å². The highest BCUT2D eigenvalue weighted by Gasteiger charge is 2.38. The van der Waals surface area contributed by atoms with E-state index in [0.717, 1.165) is 41.3 Å². The molecule has 0 unspecified atom stereocenters. The number of para-hydroxylation sites is 1. The van der Waals surface area contributed by atoms with Gasteiger partial charge in [-0.1, -0.05) is 54.1 Å². The largest absolute Gasteiger partial charge is 0.490 e. The number of carbonyl (C=O) groups is 3. The maximum absolute atomic E-state index is 13.4. The monoisotopic (exact) mass is 586 g/mol. The fraction of sp³-hybridized carbons (Fsp3) is 0.241. The minimum Gasteiger partial charge on any atom is -0.475 e. The summed E-state index contributed by atoms with van der Waals surface area (Å²) < 4.78 is 31.7. The minimum atomic E-state index is -5.08. The Balaban J connectivity index is 0.000000493. The van der Waals surface area contributed by atoms with Crippen LogP contribution in [0.3, 0.4) is 0 Å². The number of aliphatic imine (C=N–C) groups is 1. The highest BCUT2D eigenvalue weighted by atomic mass is 35.5. The summed E-state index contributed by atoms with van der Waals surface area (Å²) in [4.78, 5) is 45.6. The number of amides is 2. The molecule has 3 aromatic carbocycles. The Hall–Kier alpha value is -4.38. The standard InChI is InChI=1S/C27H25ClN4O2.C2HF3O2/c1-30-15-14-29-26(30)20-8-6-19(7-9-20)16-32-24-5-3-2-4-22(24)17-31(18-25(32)33)27(34)21-10-12-23(28)13-11-21;3-2(4,5)1(6)7/h2-13H,14-18H2,1H3;(H,6,7). The molecule has 2 aliphatic rings. The van der Waals surface area contributed by atoms with Crippen LogP contribution in [-0.4, -0.2) is 71.4 Å². The van der Waals surface area contributed by atoms with Gasteiger partial charge in [0.1, 0.15) is 12.4 Å². The topological polar surface area (TPSA) is 93.5 Å². The summed E-state index contributed by atoms with van der Waals surface area (Å²) in [7, 11) is 2.05. The summed E-state index contributed by atoms with van der Waals surface area (Å²) in [6.07, 6.45) is -5.08. The number of alkyl halides is 3. The smallest absolute Gasteiger partial charge is 0.475 e. The molecule has 12 heteroatoms. The number of hydrogen-bond donors (Lipinski definition) is 1. The van der Waals surface area contributed by atoms with Gasteiger partial charge < -0.3 is 19.8 Å².